The zero-order valence-corrected chi connectivity index (χ0v) is 24.9. The van der Waals surface area contributed by atoms with E-state index in [0.29, 0.717) is 49.6 Å². The number of Topliss-reactive ketones (excluding diaryl/α,β-unsaturated/α-hetero) is 1. The monoisotopic (exact) mass is 607 g/mol. The number of aryl methyl sites for hydroxylation is 2. The predicted molar refractivity (Wildman–Crippen MR) is 162 cm³/mol. The molecule has 0 saturated heterocycles. The largest absolute Gasteiger partial charge is 0.416 e. The molecular weight excluding hydrogens is 579 g/mol. The first-order chi connectivity index (χ1) is 20.0. The van der Waals surface area contributed by atoms with Crippen LogP contribution in [0.2, 0.25) is 0 Å². The summed E-state index contributed by atoms with van der Waals surface area (Å²) in [5, 5.41) is 1.11. The molecule has 0 N–H and O–H groups in total. The number of fused-ring (bicyclic) bond motifs is 3. The molecule has 3 aromatic heterocycles. The minimum absolute atomic E-state index is 0.0137. The predicted octanol–water partition coefficient (Wildman–Crippen LogP) is 7.97. The van der Waals surface area contributed by atoms with E-state index >= 15 is 0 Å². The zero-order chi connectivity index (χ0) is 29.8. The van der Waals surface area contributed by atoms with Crippen molar-refractivity contribution in [2.45, 2.75) is 51.4 Å². The molecular formula is C32H28F3N3O2S2. The van der Waals surface area contributed by atoms with Gasteiger partial charge in [0, 0.05) is 27.5 Å². The molecule has 0 aliphatic heterocycles. The number of rotatable bonds is 6. The smallest absolute Gasteiger partial charge is 0.318 e. The second kappa shape index (κ2) is 10.9. The Balaban J connectivity index is 1.36. The highest BCUT2D eigenvalue weighted by Gasteiger charge is 2.31. The van der Waals surface area contributed by atoms with E-state index in [1.807, 2.05) is 30.3 Å². The lowest BCUT2D eigenvalue weighted by Crippen LogP contribution is -2.23. The number of hydrogen-bond acceptors (Lipinski definition) is 5. The van der Waals surface area contributed by atoms with Crippen LogP contribution < -0.4 is 5.56 Å². The van der Waals surface area contributed by atoms with E-state index in [-0.39, 0.29) is 17.1 Å². The molecule has 0 bridgehead atoms. The Labute approximate surface area is 249 Å². The number of carbonyl (C=O) groups is 1. The van der Waals surface area contributed by atoms with Crippen molar-refractivity contribution in [3.8, 4) is 11.4 Å². The lowest BCUT2D eigenvalue weighted by molar-refractivity contribution is -0.137. The molecule has 1 aliphatic rings. The summed E-state index contributed by atoms with van der Waals surface area (Å²) in [6.45, 7) is 5.71. The van der Waals surface area contributed by atoms with Gasteiger partial charge in [0.2, 0.25) is 0 Å². The van der Waals surface area contributed by atoms with Crippen LogP contribution in [0.25, 0.3) is 21.6 Å². The van der Waals surface area contributed by atoms with Crippen molar-refractivity contribution in [1.29, 1.82) is 0 Å². The summed E-state index contributed by atoms with van der Waals surface area (Å²) < 4.78 is 43.3. The molecule has 3 heterocycles. The van der Waals surface area contributed by atoms with Gasteiger partial charge in [0.1, 0.15) is 4.83 Å². The molecule has 10 heteroatoms. The number of ketones is 1. The first-order valence-electron chi connectivity index (χ1n) is 13.7. The number of carbonyl (C=O) groups excluding carboxylic acids is 1. The van der Waals surface area contributed by atoms with E-state index in [1.54, 1.807) is 46.5 Å². The van der Waals surface area contributed by atoms with Gasteiger partial charge in [0.25, 0.3) is 5.56 Å². The molecule has 0 amide bonds. The molecule has 5 nitrogen and oxygen atoms in total. The fourth-order valence-corrected chi connectivity index (χ4v) is 8.06. The van der Waals surface area contributed by atoms with Crippen LogP contribution in [0.4, 0.5) is 13.2 Å². The van der Waals surface area contributed by atoms with Gasteiger partial charge in [-0.05, 0) is 81.0 Å². The van der Waals surface area contributed by atoms with E-state index in [0.717, 1.165) is 37.0 Å². The van der Waals surface area contributed by atoms with Crippen LogP contribution in [0.3, 0.4) is 0 Å². The van der Waals surface area contributed by atoms with Gasteiger partial charge in [-0.2, -0.15) is 13.2 Å². The molecule has 0 saturated carbocycles. The molecule has 1 atom stereocenters. The number of benzene rings is 2. The third-order valence-electron chi connectivity index (χ3n) is 7.81. The minimum Gasteiger partial charge on any atom is -0.318 e. The van der Waals surface area contributed by atoms with Gasteiger partial charge in [0.05, 0.1) is 22.4 Å². The van der Waals surface area contributed by atoms with Gasteiger partial charge >= 0.3 is 6.18 Å². The van der Waals surface area contributed by atoms with Crippen LogP contribution in [0.15, 0.2) is 70.6 Å². The van der Waals surface area contributed by atoms with Crippen LogP contribution in [0.1, 0.15) is 51.1 Å². The Kier molecular flexibility index (Phi) is 7.39. The lowest BCUT2D eigenvalue weighted by atomic mass is 9.89. The second-order valence-corrected chi connectivity index (χ2v) is 12.8. The van der Waals surface area contributed by atoms with Gasteiger partial charge < -0.3 is 4.57 Å². The van der Waals surface area contributed by atoms with Gasteiger partial charge in [-0.15, -0.1) is 11.3 Å². The Morgan fingerprint density at radius 3 is 2.52 bits per heavy atom. The van der Waals surface area contributed by atoms with Crippen molar-refractivity contribution in [1.82, 2.24) is 14.1 Å². The van der Waals surface area contributed by atoms with Crippen molar-refractivity contribution >= 4 is 39.1 Å². The standard InChI is InChI=1S/C32H28F3N3O2S2/c1-18-12-13-24-27(14-18)42-29-28(24)30(40)38(22-9-5-4-6-10-22)31(36-29)41-17-26(39)25-15-19(2)37(20(25)3)23-11-7-8-21(16-23)32(33,34)35/h4-11,15-16,18H,12-14,17H2,1-3H3. The SMILES string of the molecule is Cc1cc(C(=O)CSc2nc3sc4c(c3c(=O)n2-c2ccccc2)CCC(C)C4)c(C)n1-c1cccc(C(F)(F)F)c1. The maximum atomic E-state index is 14.0. The van der Waals surface area contributed by atoms with Gasteiger partial charge in [-0.3, -0.25) is 14.2 Å². The summed E-state index contributed by atoms with van der Waals surface area (Å²) in [6.07, 6.45) is -1.64. The maximum Gasteiger partial charge on any atom is 0.416 e. The molecule has 2 aromatic carbocycles. The Bertz CT molecular complexity index is 1890. The summed E-state index contributed by atoms with van der Waals surface area (Å²) in [7, 11) is 0. The van der Waals surface area contributed by atoms with E-state index in [4.69, 9.17) is 4.98 Å². The molecule has 216 valence electrons. The maximum absolute atomic E-state index is 14.0. The average molecular weight is 608 g/mol. The van der Waals surface area contributed by atoms with E-state index in [1.165, 1.54) is 22.7 Å². The molecule has 1 unspecified atom stereocenters. The van der Waals surface area contributed by atoms with E-state index < -0.39 is 11.7 Å². The highest BCUT2D eigenvalue weighted by atomic mass is 32.2. The molecule has 1 aliphatic carbocycles. The molecule has 6 rings (SSSR count). The van der Waals surface area contributed by atoms with Crippen molar-refractivity contribution in [2.24, 2.45) is 5.92 Å². The molecule has 0 spiro atoms. The number of alkyl halides is 3. The van der Waals surface area contributed by atoms with E-state index in [9.17, 15) is 22.8 Å². The summed E-state index contributed by atoms with van der Waals surface area (Å²) in [5.41, 5.74) is 2.88. The highest BCUT2D eigenvalue weighted by molar-refractivity contribution is 7.99. The van der Waals surface area contributed by atoms with Crippen LogP contribution in [0.5, 0.6) is 0 Å². The molecule has 5 aromatic rings. The van der Waals surface area contributed by atoms with Gasteiger partial charge in [-0.1, -0.05) is 43.0 Å². The first-order valence-corrected chi connectivity index (χ1v) is 15.5. The second-order valence-electron chi connectivity index (χ2n) is 10.8. The third kappa shape index (κ3) is 5.11. The van der Waals surface area contributed by atoms with Crippen LogP contribution in [0, 0.1) is 19.8 Å². The van der Waals surface area contributed by atoms with Crippen molar-refractivity contribution < 1.29 is 18.0 Å². The Morgan fingerprint density at radius 2 is 1.79 bits per heavy atom. The average Bonchev–Trinajstić information content (AvgIpc) is 3.47. The van der Waals surface area contributed by atoms with Crippen LogP contribution in [-0.2, 0) is 19.0 Å². The van der Waals surface area contributed by atoms with Gasteiger partial charge in [-0.25, -0.2) is 4.98 Å². The number of nitrogens with zero attached hydrogens (tertiary/aromatic N) is 3. The normalized spacial score (nSPS) is 15.2. The number of thioether (sulfide) groups is 1. The van der Waals surface area contributed by atoms with Crippen molar-refractivity contribution in [3.63, 3.8) is 0 Å². The number of thiophene rings is 1. The number of halogens is 3. The fraction of sp³-hybridized carbons (Fsp3) is 0.281. The number of aromatic nitrogens is 3. The third-order valence-corrected chi connectivity index (χ3v) is 9.90. The van der Waals surface area contributed by atoms with Gasteiger partial charge in [0.15, 0.2) is 10.9 Å². The van der Waals surface area contributed by atoms with Crippen molar-refractivity contribution in [3.05, 3.63) is 104 Å². The summed E-state index contributed by atoms with van der Waals surface area (Å²) in [6, 6.07) is 16.1. The van der Waals surface area contributed by atoms with Crippen LogP contribution >= 0.6 is 23.1 Å². The Morgan fingerprint density at radius 1 is 1.05 bits per heavy atom. The summed E-state index contributed by atoms with van der Waals surface area (Å²) in [5.74, 6) is 0.377. The van der Waals surface area contributed by atoms with Crippen molar-refractivity contribution in [2.75, 3.05) is 5.75 Å². The lowest BCUT2D eigenvalue weighted by Gasteiger charge is -2.17. The fourth-order valence-electron chi connectivity index (χ4n) is 5.74. The molecule has 0 fully saturated rings. The topological polar surface area (TPSA) is 56.9 Å². The molecule has 0 radical (unpaired) electrons. The Hall–Kier alpha value is -3.63. The zero-order valence-electron chi connectivity index (χ0n) is 23.3. The highest BCUT2D eigenvalue weighted by Crippen LogP contribution is 2.37. The van der Waals surface area contributed by atoms with Crippen LogP contribution in [-0.4, -0.2) is 25.7 Å². The first kappa shape index (κ1) is 28.5. The minimum atomic E-state index is -4.47. The summed E-state index contributed by atoms with van der Waals surface area (Å²) >= 11 is 2.77. The summed E-state index contributed by atoms with van der Waals surface area (Å²) in [4.78, 5) is 34.3. The number of para-hydroxylation sites is 1. The molecule has 42 heavy (non-hydrogen) atoms. The van der Waals surface area contributed by atoms with E-state index in [2.05, 4.69) is 6.92 Å². The quantitative estimate of drug-likeness (QED) is 0.112. The number of hydrogen-bond donors (Lipinski definition) is 0.